The van der Waals surface area contributed by atoms with Gasteiger partial charge in [0.25, 0.3) is 0 Å². The quantitative estimate of drug-likeness (QED) is 0.548. The van der Waals surface area contributed by atoms with E-state index in [1.807, 2.05) is 31.2 Å². The number of rotatable bonds is 7. The lowest BCUT2D eigenvalue weighted by atomic mass is 9.95. The lowest BCUT2D eigenvalue weighted by Crippen LogP contribution is -2.29. The van der Waals surface area contributed by atoms with Crippen molar-refractivity contribution < 1.29 is 19.1 Å². The van der Waals surface area contributed by atoms with Gasteiger partial charge in [-0.2, -0.15) is 0 Å². The van der Waals surface area contributed by atoms with E-state index in [0.717, 1.165) is 24.3 Å². The van der Waals surface area contributed by atoms with Gasteiger partial charge >= 0.3 is 0 Å². The highest BCUT2D eigenvalue weighted by molar-refractivity contribution is 5.95. The molecule has 0 spiro atoms. The van der Waals surface area contributed by atoms with Crippen LogP contribution in [0, 0.1) is 5.41 Å². The van der Waals surface area contributed by atoms with Gasteiger partial charge in [0.2, 0.25) is 11.8 Å². The Bertz CT molecular complexity index is 680. The maximum absolute atomic E-state index is 11.7. The average Bonchev–Trinajstić information content (AvgIpc) is 2.81. The molecular formula is C23H36N2O4. The molecule has 0 saturated carbocycles. The number of benzene rings is 1. The number of carbonyl (C=O) groups excluding carboxylic acids is 2. The molecular weight excluding hydrogens is 368 g/mol. The van der Waals surface area contributed by atoms with Crippen LogP contribution in [0.15, 0.2) is 36.4 Å². The summed E-state index contributed by atoms with van der Waals surface area (Å²) in [6.07, 6.45) is 6.93. The summed E-state index contributed by atoms with van der Waals surface area (Å²) in [5.74, 6) is 0.565. The molecule has 1 heterocycles. The summed E-state index contributed by atoms with van der Waals surface area (Å²) in [7, 11) is 1.51. The van der Waals surface area contributed by atoms with Crippen molar-refractivity contribution in [1.82, 2.24) is 0 Å². The zero-order chi connectivity index (χ0) is 21.9. The second-order valence-corrected chi connectivity index (χ2v) is 8.03. The van der Waals surface area contributed by atoms with Gasteiger partial charge in [-0.3, -0.25) is 9.59 Å². The van der Waals surface area contributed by atoms with E-state index in [4.69, 9.17) is 15.2 Å². The van der Waals surface area contributed by atoms with Gasteiger partial charge in [-0.1, -0.05) is 45.1 Å². The fraction of sp³-hybridized carbons (Fsp3) is 0.565. The molecule has 1 unspecified atom stereocenters. The maximum atomic E-state index is 11.7. The van der Waals surface area contributed by atoms with Crippen LogP contribution in [-0.4, -0.2) is 38.2 Å². The number of allylic oxidation sites excluding steroid dienone is 2. The minimum absolute atomic E-state index is 0.137. The second kappa shape index (κ2) is 12.3. The third-order valence-corrected chi connectivity index (χ3v) is 4.40. The molecule has 0 aliphatic carbocycles. The molecule has 2 amide bonds. The number of ether oxygens (including phenoxy) is 2. The topological polar surface area (TPSA) is 81.9 Å². The van der Waals surface area contributed by atoms with E-state index in [0.29, 0.717) is 26.0 Å². The zero-order valence-electron chi connectivity index (χ0n) is 18.4. The lowest BCUT2D eigenvalue weighted by Gasteiger charge is -2.19. The molecule has 1 aliphatic heterocycles. The minimum atomic E-state index is -0.437. The maximum Gasteiger partial charge on any atom is 0.246 e. The van der Waals surface area contributed by atoms with Crippen molar-refractivity contribution in [2.75, 3.05) is 25.2 Å². The van der Waals surface area contributed by atoms with E-state index in [1.54, 1.807) is 4.90 Å². The first-order valence-electron chi connectivity index (χ1n) is 10.2. The summed E-state index contributed by atoms with van der Waals surface area (Å²) in [5.41, 5.74) is 6.26. The first kappa shape index (κ1) is 24.7. The van der Waals surface area contributed by atoms with Crippen LogP contribution < -0.4 is 15.4 Å². The Morgan fingerprint density at radius 1 is 1.34 bits per heavy atom. The fourth-order valence-corrected chi connectivity index (χ4v) is 2.90. The molecule has 2 N–H and O–H groups in total. The van der Waals surface area contributed by atoms with Crippen molar-refractivity contribution in [2.24, 2.45) is 11.1 Å². The number of hydrogen-bond acceptors (Lipinski definition) is 4. The third-order valence-electron chi connectivity index (χ3n) is 4.40. The van der Waals surface area contributed by atoms with Gasteiger partial charge in [-0.15, -0.1) is 0 Å². The van der Waals surface area contributed by atoms with Crippen LogP contribution in [0.5, 0.6) is 5.75 Å². The first-order chi connectivity index (χ1) is 13.7. The predicted octanol–water partition coefficient (Wildman–Crippen LogP) is 4.08. The molecule has 0 fully saturated rings. The van der Waals surface area contributed by atoms with Crippen molar-refractivity contribution in [3.05, 3.63) is 36.4 Å². The van der Waals surface area contributed by atoms with E-state index in [-0.39, 0.29) is 17.2 Å². The van der Waals surface area contributed by atoms with Crippen LogP contribution in [-0.2, 0) is 14.3 Å². The summed E-state index contributed by atoms with van der Waals surface area (Å²) in [6, 6.07) is 7.66. The number of anilines is 1. The highest BCUT2D eigenvalue weighted by Gasteiger charge is 2.20. The summed E-state index contributed by atoms with van der Waals surface area (Å²) in [6.45, 7) is 9.62. The third kappa shape index (κ3) is 9.13. The van der Waals surface area contributed by atoms with E-state index in [1.165, 1.54) is 7.11 Å². The van der Waals surface area contributed by atoms with Gasteiger partial charge < -0.3 is 20.1 Å². The molecule has 2 rings (SSSR count). The molecule has 1 aromatic rings. The number of fused-ring (bicyclic) bond motifs is 1. The summed E-state index contributed by atoms with van der Waals surface area (Å²) < 4.78 is 10.4. The Morgan fingerprint density at radius 3 is 2.62 bits per heavy atom. The predicted molar refractivity (Wildman–Crippen MR) is 117 cm³/mol. The van der Waals surface area contributed by atoms with Gasteiger partial charge in [0.15, 0.2) is 0 Å². The number of nitrogens with zero attached hydrogens (tertiary/aromatic N) is 1. The molecule has 6 nitrogen and oxygen atoms in total. The highest BCUT2D eigenvalue weighted by atomic mass is 16.5. The van der Waals surface area contributed by atoms with Crippen LogP contribution in [0.4, 0.5) is 5.69 Å². The molecule has 29 heavy (non-hydrogen) atoms. The number of primary amides is 1. The smallest absolute Gasteiger partial charge is 0.246 e. The SMILES string of the molecule is CCN1C(=O)CCOc2ccccc21.COC(CCC/C=C/C(C)(C)C)C(N)=O. The summed E-state index contributed by atoms with van der Waals surface area (Å²) in [4.78, 5) is 24.3. The van der Waals surface area contributed by atoms with Crippen LogP contribution >= 0.6 is 0 Å². The first-order valence-corrected chi connectivity index (χ1v) is 10.2. The minimum Gasteiger partial charge on any atom is -0.491 e. The number of carbonyl (C=O) groups is 2. The van der Waals surface area contributed by atoms with Crippen molar-refractivity contribution >= 4 is 17.5 Å². The Morgan fingerprint density at radius 2 is 2.03 bits per heavy atom. The second-order valence-electron chi connectivity index (χ2n) is 8.03. The van der Waals surface area contributed by atoms with E-state index in [2.05, 4.69) is 32.9 Å². The van der Waals surface area contributed by atoms with E-state index in [9.17, 15) is 9.59 Å². The molecule has 0 saturated heterocycles. The molecule has 0 aromatic heterocycles. The molecule has 0 radical (unpaired) electrons. The molecule has 1 atom stereocenters. The molecule has 6 heteroatoms. The average molecular weight is 405 g/mol. The summed E-state index contributed by atoms with van der Waals surface area (Å²) >= 11 is 0. The normalized spacial score (nSPS) is 15.1. The van der Waals surface area contributed by atoms with Gasteiger partial charge in [-0.05, 0) is 43.7 Å². The molecule has 1 aromatic carbocycles. The Labute approximate surface area is 175 Å². The number of hydrogen-bond donors (Lipinski definition) is 1. The molecule has 1 aliphatic rings. The van der Waals surface area contributed by atoms with Gasteiger partial charge in [-0.25, -0.2) is 0 Å². The monoisotopic (exact) mass is 404 g/mol. The largest absolute Gasteiger partial charge is 0.491 e. The zero-order valence-corrected chi connectivity index (χ0v) is 18.4. The fourth-order valence-electron chi connectivity index (χ4n) is 2.90. The van der Waals surface area contributed by atoms with Crippen molar-refractivity contribution in [3.63, 3.8) is 0 Å². The van der Waals surface area contributed by atoms with Gasteiger partial charge in [0.1, 0.15) is 11.9 Å². The summed E-state index contributed by atoms with van der Waals surface area (Å²) in [5, 5.41) is 0. The van der Waals surface area contributed by atoms with Crippen LogP contribution in [0.3, 0.4) is 0 Å². The Balaban J connectivity index is 0.000000290. The van der Waals surface area contributed by atoms with E-state index < -0.39 is 6.10 Å². The lowest BCUT2D eigenvalue weighted by molar-refractivity contribution is -0.128. The van der Waals surface area contributed by atoms with Gasteiger partial charge in [0, 0.05) is 13.7 Å². The number of methoxy groups -OCH3 is 1. The molecule has 0 bridgehead atoms. The van der Waals surface area contributed by atoms with E-state index >= 15 is 0 Å². The number of unbranched alkanes of at least 4 members (excludes halogenated alkanes) is 1. The number of amides is 2. The van der Waals surface area contributed by atoms with Crippen LogP contribution in [0.1, 0.15) is 53.4 Å². The van der Waals surface area contributed by atoms with Gasteiger partial charge in [0.05, 0.1) is 18.7 Å². The molecule has 162 valence electrons. The standard InChI is InChI=1S/C12H23NO2.C11H13NO2/c1-12(2,3)9-7-5-6-8-10(15-4)11(13)14;1-2-12-9-5-3-4-6-10(9)14-8-7-11(12)13/h7,9-10H,5-6,8H2,1-4H3,(H2,13,14);3-6H,2,7-8H2,1H3/b9-7+;. The van der Waals surface area contributed by atoms with Crippen LogP contribution in [0.2, 0.25) is 0 Å². The highest BCUT2D eigenvalue weighted by Crippen LogP contribution is 2.30. The Kier molecular flexibility index (Phi) is 10.5. The number of nitrogens with two attached hydrogens (primary N) is 1. The Hall–Kier alpha value is -2.34. The van der Waals surface area contributed by atoms with Crippen molar-refractivity contribution in [1.29, 1.82) is 0 Å². The number of para-hydroxylation sites is 2. The van der Waals surface area contributed by atoms with Crippen molar-refractivity contribution in [2.45, 2.75) is 59.5 Å². The van der Waals surface area contributed by atoms with Crippen LogP contribution in [0.25, 0.3) is 0 Å². The van der Waals surface area contributed by atoms with Crippen molar-refractivity contribution in [3.8, 4) is 5.75 Å².